The average molecular weight is 195 g/mol. The van der Waals surface area contributed by atoms with Gasteiger partial charge in [-0.25, -0.2) is 0 Å². The van der Waals surface area contributed by atoms with E-state index < -0.39 is 10.8 Å². The molecule has 0 heterocycles. The Morgan fingerprint density at radius 1 is 1.25 bits per heavy atom. The minimum Gasteiger partial charge on any atom is -0.382 e. The van der Waals surface area contributed by atoms with E-state index in [4.69, 9.17) is 15.2 Å². The van der Waals surface area contributed by atoms with Gasteiger partial charge in [-0.2, -0.15) is 0 Å². The molecule has 2 N–H and O–H groups in total. The summed E-state index contributed by atoms with van der Waals surface area (Å²) in [6, 6.07) is 0. The van der Waals surface area contributed by atoms with Crippen molar-refractivity contribution >= 4 is 10.8 Å². The highest BCUT2D eigenvalue weighted by Gasteiger charge is 1.96. The summed E-state index contributed by atoms with van der Waals surface area (Å²) in [4.78, 5) is 0. The van der Waals surface area contributed by atoms with Crippen molar-refractivity contribution in [1.82, 2.24) is 0 Å². The van der Waals surface area contributed by atoms with Gasteiger partial charge < -0.3 is 15.2 Å². The van der Waals surface area contributed by atoms with Crippen molar-refractivity contribution in [2.24, 2.45) is 5.73 Å². The molecule has 12 heavy (non-hydrogen) atoms. The van der Waals surface area contributed by atoms with E-state index >= 15 is 0 Å². The number of nitrogens with two attached hydrogens (primary N) is 1. The fraction of sp³-hybridized carbons (Fsp3) is 1.00. The second kappa shape index (κ2) is 9.12. The molecule has 0 aromatic carbocycles. The predicted octanol–water partition coefficient (Wildman–Crippen LogP) is -0.643. The van der Waals surface area contributed by atoms with Gasteiger partial charge in [0.1, 0.15) is 0 Å². The normalized spacial score (nSPS) is 13.2. The summed E-state index contributed by atoms with van der Waals surface area (Å²) in [5, 5.41) is 0. The molecule has 0 aliphatic carbocycles. The van der Waals surface area contributed by atoms with Crippen LogP contribution in [0.3, 0.4) is 0 Å². The van der Waals surface area contributed by atoms with Gasteiger partial charge >= 0.3 is 0 Å². The molecule has 0 spiro atoms. The van der Waals surface area contributed by atoms with Crippen molar-refractivity contribution in [2.45, 2.75) is 0 Å². The summed E-state index contributed by atoms with van der Waals surface area (Å²) < 4.78 is 20.9. The molecule has 0 aromatic heterocycles. The maximum absolute atomic E-state index is 11.0. The zero-order valence-corrected chi connectivity index (χ0v) is 8.27. The van der Waals surface area contributed by atoms with Gasteiger partial charge in [0.25, 0.3) is 0 Å². The van der Waals surface area contributed by atoms with Crippen LogP contribution in [-0.4, -0.2) is 49.2 Å². The Hall–Kier alpha value is 0.0300. The van der Waals surface area contributed by atoms with E-state index in [-0.39, 0.29) is 0 Å². The molecule has 0 saturated carbocycles. The quantitative estimate of drug-likeness (QED) is 0.523. The van der Waals surface area contributed by atoms with Crippen molar-refractivity contribution in [3.05, 3.63) is 0 Å². The van der Waals surface area contributed by atoms with Gasteiger partial charge in [0.15, 0.2) is 0 Å². The molecule has 0 amide bonds. The van der Waals surface area contributed by atoms with Crippen molar-refractivity contribution in [1.29, 1.82) is 0 Å². The third-order valence-corrected chi connectivity index (χ3v) is 2.55. The summed E-state index contributed by atoms with van der Waals surface area (Å²) in [7, 11) is 0.805. The molecule has 74 valence electrons. The van der Waals surface area contributed by atoms with E-state index in [0.717, 1.165) is 0 Å². The number of hydrogen-bond donors (Lipinski definition) is 1. The Morgan fingerprint density at radius 2 is 2.00 bits per heavy atom. The molecule has 0 aliphatic heterocycles. The van der Waals surface area contributed by atoms with Gasteiger partial charge in [-0.3, -0.25) is 4.21 Å². The smallest absolute Gasteiger partial charge is 0.0700 e. The Balaban J connectivity index is 3.03. The first-order chi connectivity index (χ1) is 5.81. The fourth-order valence-corrected chi connectivity index (χ4v) is 1.40. The van der Waals surface area contributed by atoms with E-state index in [9.17, 15) is 4.21 Å². The molecule has 0 aromatic rings. The van der Waals surface area contributed by atoms with Gasteiger partial charge in [-0.1, -0.05) is 0 Å². The lowest BCUT2D eigenvalue weighted by molar-refractivity contribution is 0.0787. The van der Waals surface area contributed by atoms with E-state index in [2.05, 4.69) is 0 Å². The molecular formula is C7H17NO3S. The highest BCUT2D eigenvalue weighted by Crippen LogP contribution is 1.83. The first kappa shape index (κ1) is 12.0. The van der Waals surface area contributed by atoms with E-state index in [1.165, 1.54) is 0 Å². The molecule has 0 fully saturated rings. The van der Waals surface area contributed by atoms with E-state index in [0.29, 0.717) is 37.9 Å². The zero-order valence-electron chi connectivity index (χ0n) is 7.45. The predicted molar refractivity (Wildman–Crippen MR) is 49.6 cm³/mol. The molecule has 5 heteroatoms. The van der Waals surface area contributed by atoms with E-state index in [1.807, 2.05) is 0 Å². The number of methoxy groups -OCH3 is 1. The molecule has 1 unspecified atom stereocenters. The van der Waals surface area contributed by atoms with Gasteiger partial charge in [-0.15, -0.1) is 0 Å². The summed E-state index contributed by atoms with van der Waals surface area (Å²) in [6.45, 7) is 2.15. The fourth-order valence-electron chi connectivity index (χ4n) is 0.630. The number of ether oxygens (including phenoxy) is 2. The Kier molecular flexibility index (Phi) is 9.14. The molecule has 4 nitrogen and oxygen atoms in total. The standard InChI is InChI=1S/C7H17NO3S/c1-10-3-4-11-5-7-12(9)6-2-8/h2-8H2,1H3. The lowest BCUT2D eigenvalue weighted by Gasteiger charge is -2.02. The lowest BCUT2D eigenvalue weighted by atomic mass is 10.7. The van der Waals surface area contributed by atoms with Gasteiger partial charge in [0.2, 0.25) is 0 Å². The Morgan fingerprint density at radius 3 is 2.58 bits per heavy atom. The highest BCUT2D eigenvalue weighted by molar-refractivity contribution is 7.85. The van der Waals surface area contributed by atoms with Gasteiger partial charge in [0.05, 0.1) is 19.8 Å². The van der Waals surface area contributed by atoms with Crippen LogP contribution in [0.1, 0.15) is 0 Å². The van der Waals surface area contributed by atoms with Gasteiger partial charge in [-0.05, 0) is 0 Å². The van der Waals surface area contributed by atoms with Crippen LogP contribution in [0.5, 0.6) is 0 Å². The van der Waals surface area contributed by atoms with Crippen LogP contribution in [0.15, 0.2) is 0 Å². The summed E-state index contributed by atoms with van der Waals surface area (Å²) >= 11 is 0. The van der Waals surface area contributed by atoms with Gasteiger partial charge in [0, 0.05) is 36.0 Å². The van der Waals surface area contributed by atoms with Crippen LogP contribution in [0.2, 0.25) is 0 Å². The van der Waals surface area contributed by atoms with Crippen molar-refractivity contribution in [3.8, 4) is 0 Å². The number of rotatable bonds is 8. The monoisotopic (exact) mass is 195 g/mol. The Labute approximate surface area is 75.9 Å². The molecule has 0 radical (unpaired) electrons. The van der Waals surface area contributed by atoms with Crippen molar-refractivity contribution in [3.63, 3.8) is 0 Å². The molecule has 0 bridgehead atoms. The third-order valence-electron chi connectivity index (χ3n) is 1.23. The number of hydrogen-bond acceptors (Lipinski definition) is 4. The first-order valence-corrected chi connectivity index (χ1v) is 5.41. The van der Waals surface area contributed by atoms with E-state index in [1.54, 1.807) is 7.11 Å². The minimum absolute atomic E-state index is 0.477. The summed E-state index contributed by atoms with van der Waals surface area (Å²) in [6.07, 6.45) is 0. The first-order valence-electron chi connectivity index (χ1n) is 3.93. The zero-order chi connectivity index (χ0) is 9.23. The Bertz CT molecular complexity index is 121. The minimum atomic E-state index is -0.816. The van der Waals surface area contributed by atoms with Crippen LogP contribution in [-0.2, 0) is 20.3 Å². The largest absolute Gasteiger partial charge is 0.382 e. The molecule has 1 atom stereocenters. The SMILES string of the molecule is COCCOCCS(=O)CCN. The molecule has 0 aliphatic rings. The maximum atomic E-state index is 11.0. The van der Waals surface area contributed by atoms with Crippen molar-refractivity contribution < 1.29 is 13.7 Å². The second-order valence-electron chi connectivity index (χ2n) is 2.24. The lowest BCUT2D eigenvalue weighted by Crippen LogP contribution is -2.16. The van der Waals surface area contributed by atoms with Crippen LogP contribution >= 0.6 is 0 Å². The van der Waals surface area contributed by atoms with Crippen molar-refractivity contribution in [2.75, 3.05) is 45.0 Å². The third kappa shape index (κ3) is 8.13. The highest BCUT2D eigenvalue weighted by atomic mass is 32.2. The van der Waals surface area contributed by atoms with Crippen LogP contribution in [0.4, 0.5) is 0 Å². The summed E-state index contributed by atoms with van der Waals surface area (Å²) in [5.41, 5.74) is 5.23. The molecule has 0 rings (SSSR count). The topological polar surface area (TPSA) is 61.5 Å². The van der Waals surface area contributed by atoms with Crippen LogP contribution < -0.4 is 5.73 Å². The summed E-state index contributed by atoms with van der Waals surface area (Å²) in [5.74, 6) is 1.13. The average Bonchev–Trinajstić information content (AvgIpc) is 2.05. The van der Waals surface area contributed by atoms with Crippen LogP contribution in [0.25, 0.3) is 0 Å². The molecular weight excluding hydrogens is 178 g/mol. The van der Waals surface area contributed by atoms with Crippen LogP contribution in [0, 0.1) is 0 Å². The molecule has 0 saturated heterocycles. The maximum Gasteiger partial charge on any atom is 0.0700 e. The second-order valence-corrected chi connectivity index (χ2v) is 3.94.